The van der Waals surface area contributed by atoms with Gasteiger partial charge in [-0.3, -0.25) is 4.57 Å². The Morgan fingerprint density at radius 2 is 1.32 bits per heavy atom. The lowest BCUT2D eigenvalue weighted by atomic mass is 9.98. The highest BCUT2D eigenvalue weighted by atomic mass is 32.2. The van der Waals surface area contributed by atoms with Crippen molar-refractivity contribution in [1.82, 2.24) is 19.5 Å². The summed E-state index contributed by atoms with van der Waals surface area (Å²) in [7, 11) is 0. The van der Waals surface area contributed by atoms with Crippen LogP contribution in [-0.4, -0.2) is 19.5 Å². The van der Waals surface area contributed by atoms with Crippen LogP contribution in [0.15, 0.2) is 126 Å². The van der Waals surface area contributed by atoms with Crippen LogP contribution in [0.2, 0.25) is 0 Å². The van der Waals surface area contributed by atoms with Crippen molar-refractivity contribution in [2.45, 2.75) is 23.8 Å². The highest BCUT2D eigenvalue weighted by Gasteiger charge is 2.34. The SMILES string of the molecule is CC1(C)Sc2nc3cccc(-c4cccc(-c5nc(-c6ccccc6)c6ccccc6n5)c4)c3n2-c2ccccc21. The van der Waals surface area contributed by atoms with E-state index in [0.717, 1.165) is 60.9 Å². The molecule has 5 aromatic carbocycles. The summed E-state index contributed by atoms with van der Waals surface area (Å²) in [5.74, 6) is 0.717. The predicted octanol–water partition coefficient (Wildman–Crippen LogP) is 9.31. The lowest BCUT2D eigenvalue weighted by Crippen LogP contribution is -2.21. The van der Waals surface area contributed by atoms with Crippen LogP contribution in [0.3, 0.4) is 0 Å². The number of thioether (sulfide) groups is 1. The molecule has 0 spiro atoms. The van der Waals surface area contributed by atoms with Gasteiger partial charge in [-0.2, -0.15) is 0 Å². The molecule has 0 N–H and O–H groups in total. The van der Waals surface area contributed by atoms with Gasteiger partial charge in [0.05, 0.1) is 27.9 Å². The van der Waals surface area contributed by atoms with Crippen molar-refractivity contribution in [3.63, 3.8) is 0 Å². The Hall–Kier alpha value is -4.74. The van der Waals surface area contributed by atoms with Gasteiger partial charge in [-0.25, -0.2) is 15.0 Å². The number of hydrogen-bond donors (Lipinski definition) is 0. The average molecular weight is 547 g/mol. The fraction of sp³-hybridized carbons (Fsp3) is 0.0833. The maximum atomic E-state index is 5.11. The van der Waals surface area contributed by atoms with E-state index in [0.29, 0.717) is 0 Å². The van der Waals surface area contributed by atoms with E-state index >= 15 is 0 Å². The summed E-state index contributed by atoms with van der Waals surface area (Å²) in [5.41, 5.74) is 10.8. The molecule has 0 saturated carbocycles. The number of fused-ring (bicyclic) bond motifs is 6. The monoisotopic (exact) mass is 546 g/mol. The van der Waals surface area contributed by atoms with Gasteiger partial charge in [0.2, 0.25) is 0 Å². The van der Waals surface area contributed by atoms with E-state index in [-0.39, 0.29) is 4.75 Å². The third-order valence-corrected chi connectivity index (χ3v) is 9.05. The fourth-order valence-corrected chi connectivity index (χ4v) is 7.10. The Bertz CT molecular complexity index is 2110. The second kappa shape index (κ2) is 9.15. The van der Waals surface area contributed by atoms with E-state index in [4.69, 9.17) is 15.0 Å². The molecule has 0 bridgehead atoms. The van der Waals surface area contributed by atoms with Crippen molar-refractivity contribution in [2.75, 3.05) is 0 Å². The molecule has 5 heteroatoms. The Balaban J connectivity index is 1.32. The van der Waals surface area contributed by atoms with E-state index in [1.807, 2.05) is 30.0 Å². The zero-order valence-electron chi connectivity index (χ0n) is 22.7. The van der Waals surface area contributed by atoms with Gasteiger partial charge in [0.1, 0.15) is 0 Å². The molecular weight excluding hydrogens is 520 g/mol. The Kier molecular flexibility index (Phi) is 5.38. The molecule has 0 fully saturated rings. The molecule has 196 valence electrons. The molecule has 8 rings (SSSR count). The molecule has 0 saturated heterocycles. The van der Waals surface area contributed by atoms with Crippen molar-refractivity contribution in [3.8, 4) is 39.5 Å². The van der Waals surface area contributed by atoms with Gasteiger partial charge in [0.25, 0.3) is 0 Å². The number of benzene rings is 5. The maximum absolute atomic E-state index is 5.11. The number of aromatic nitrogens is 4. The van der Waals surface area contributed by atoms with Gasteiger partial charge >= 0.3 is 0 Å². The molecule has 7 aromatic rings. The quantitative estimate of drug-likeness (QED) is 0.221. The molecular formula is C36H26N4S. The van der Waals surface area contributed by atoms with Gasteiger partial charge in [0, 0.05) is 26.8 Å². The molecule has 1 aliphatic heterocycles. The molecule has 4 nitrogen and oxygen atoms in total. The van der Waals surface area contributed by atoms with Crippen molar-refractivity contribution in [2.24, 2.45) is 0 Å². The summed E-state index contributed by atoms with van der Waals surface area (Å²) in [6.07, 6.45) is 0. The first-order valence-electron chi connectivity index (χ1n) is 13.8. The zero-order chi connectivity index (χ0) is 27.6. The lowest BCUT2D eigenvalue weighted by Gasteiger charge is -2.32. The first kappa shape index (κ1) is 24.1. The third-order valence-electron chi connectivity index (χ3n) is 7.87. The van der Waals surface area contributed by atoms with E-state index in [2.05, 4.69) is 122 Å². The van der Waals surface area contributed by atoms with E-state index < -0.39 is 0 Å². The molecule has 2 aromatic heterocycles. The van der Waals surface area contributed by atoms with Crippen LogP contribution in [0.5, 0.6) is 0 Å². The Labute approximate surface area is 242 Å². The smallest absolute Gasteiger partial charge is 0.174 e. The zero-order valence-corrected chi connectivity index (χ0v) is 23.6. The maximum Gasteiger partial charge on any atom is 0.174 e. The minimum absolute atomic E-state index is 0.0576. The minimum atomic E-state index is -0.0576. The van der Waals surface area contributed by atoms with Gasteiger partial charge in [-0.05, 0) is 49.2 Å². The third kappa shape index (κ3) is 3.88. The van der Waals surface area contributed by atoms with Crippen LogP contribution in [-0.2, 0) is 4.75 Å². The highest BCUT2D eigenvalue weighted by Crippen LogP contribution is 2.50. The van der Waals surface area contributed by atoms with Gasteiger partial charge in [-0.15, -0.1) is 0 Å². The van der Waals surface area contributed by atoms with E-state index in [1.165, 1.54) is 11.3 Å². The van der Waals surface area contributed by atoms with Gasteiger partial charge < -0.3 is 0 Å². The van der Waals surface area contributed by atoms with Crippen molar-refractivity contribution in [3.05, 3.63) is 127 Å². The summed E-state index contributed by atoms with van der Waals surface area (Å²) in [4.78, 5) is 15.2. The Morgan fingerprint density at radius 1 is 0.610 bits per heavy atom. The number of para-hydroxylation sites is 3. The second-order valence-corrected chi connectivity index (χ2v) is 12.5. The Morgan fingerprint density at radius 3 is 2.22 bits per heavy atom. The van der Waals surface area contributed by atoms with Crippen LogP contribution < -0.4 is 0 Å². The largest absolute Gasteiger partial charge is 0.286 e. The van der Waals surface area contributed by atoms with Gasteiger partial charge in [0.15, 0.2) is 11.0 Å². The molecule has 1 aliphatic rings. The number of imidazole rings is 1. The fourth-order valence-electron chi connectivity index (χ4n) is 5.94. The molecule has 3 heterocycles. The van der Waals surface area contributed by atoms with Crippen LogP contribution in [0.4, 0.5) is 0 Å². The minimum Gasteiger partial charge on any atom is -0.286 e. The molecule has 41 heavy (non-hydrogen) atoms. The molecule has 0 radical (unpaired) electrons. The summed E-state index contributed by atoms with van der Waals surface area (Å²) in [6, 6.07) is 42.3. The first-order chi connectivity index (χ1) is 20.1. The molecule has 0 unspecified atom stereocenters. The van der Waals surface area contributed by atoms with Crippen LogP contribution in [0.25, 0.3) is 61.4 Å². The average Bonchev–Trinajstić information content (AvgIpc) is 3.39. The normalized spacial score (nSPS) is 13.7. The van der Waals surface area contributed by atoms with Crippen LogP contribution in [0.1, 0.15) is 19.4 Å². The summed E-state index contributed by atoms with van der Waals surface area (Å²) in [6.45, 7) is 4.55. The van der Waals surface area contributed by atoms with Crippen LogP contribution >= 0.6 is 11.8 Å². The first-order valence-corrected chi connectivity index (χ1v) is 14.6. The summed E-state index contributed by atoms with van der Waals surface area (Å²) < 4.78 is 2.28. The van der Waals surface area contributed by atoms with Crippen molar-refractivity contribution < 1.29 is 0 Å². The number of hydrogen-bond acceptors (Lipinski definition) is 4. The lowest BCUT2D eigenvalue weighted by molar-refractivity contribution is 0.729. The molecule has 0 aliphatic carbocycles. The van der Waals surface area contributed by atoms with Crippen LogP contribution in [0, 0.1) is 0 Å². The molecule has 0 amide bonds. The van der Waals surface area contributed by atoms with Crippen molar-refractivity contribution in [1.29, 1.82) is 0 Å². The molecule has 0 atom stereocenters. The standard InChI is InChI=1S/C36H26N4S/c1-36(2)28-18-7-9-21-31(28)40-33-26(17-11-20-30(33)38-35(40)41-36)24-14-10-15-25(22-24)34-37-29-19-8-6-16-27(29)32(39-34)23-12-4-3-5-13-23/h3-22H,1-2H3. The highest BCUT2D eigenvalue weighted by molar-refractivity contribution is 8.00. The number of nitrogens with zero attached hydrogens (tertiary/aromatic N) is 4. The topological polar surface area (TPSA) is 43.6 Å². The van der Waals surface area contributed by atoms with E-state index in [9.17, 15) is 0 Å². The van der Waals surface area contributed by atoms with Gasteiger partial charge in [-0.1, -0.05) is 109 Å². The van der Waals surface area contributed by atoms with E-state index in [1.54, 1.807) is 0 Å². The predicted molar refractivity (Wildman–Crippen MR) is 169 cm³/mol. The second-order valence-electron chi connectivity index (χ2n) is 10.9. The summed E-state index contributed by atoms with van der Waals surface area (Å²) >= 11 is 1.82. The number of rotatable bonds is 3. The summed E-state index contributed by atoms with van der Waals surface area (Å²) in [5, 5.41) is 2.08. The van der Waals surface area contributed by atoms with Crippen molar-refractivity contribution >= 4 is 33.7 Å².